The van der Waals surface area contributed by atoms with E-state index in [0.29, 0.717) is 13.0 Å². The standard InChI is InChI=1S/C10H17F5N2O/c1-6-7(3-4-18-6)17(2)8(5-16)9(11,12)10(13,14)15/h6-8H,3-5,16H2,1-2H3. The van der Waals surface area contributed by atoms with Crippen LogP contribution in [0.3, 0.4) is 0 Å². The molecule has 2 N–H and O–H groups in total. The lowest BCUT2D eigenvalue weighted by atomic mass is 10.0. The molecule has 0 amide bonds. The van der Waals surface area contributed by atoms with E-state index in [1.165, 1.54) is 7.05 Å². The molecule has 3 unspecified atom stereocenters. The van der Waals surface area contributed by atoms with Crippen molar-refractivity contribution in [3.63, 3.8) is 0 Å². The fraction of sp³-hybridized carbons (Fsp3) is 1.00. The van der Waals surface area contributed by atoms with Gasteiger partial charge < -0.3 is 10.5 Å². The van der Waals surface area contributed by atoms with Gasteiger partial charge in [-0.1, -0.05) is 0 Å². The molecule has 0 spiro atoms. The summed E-state index contributed by atoms with van der Waals surface area (Å²) in [5.74, 6) is -4.83. The van der Waals surface area contributed by atoms with Gasteiger partial charge >= 0.3 is 12.1 Å². The fourth-order valence-electron chi connectivity index (χ4n) is 2.25. The Balaban J connectivity index is 2.89. The molecule has 1 aliphatic rings. The first-order chi connectivity index (χ1) is 8.13. The SMILES string of the molecule is CC1OCCC1N(C)C(CN)C(F)(F)C(F)(F)F. The predicted octanol–water partition coefficient (Wildman–Crippen LogP) is 1.62. The summed E-state index contributed by atoms with van der Waals surface area (Å²) in [4.78, 5) is 0.991. The van der Waals surface area contributed by atoms with Crippen molar-refractivity contribution in [3.8, 4) is 0 Å². The van der Waals surface area contributed by atoms with Crippen molar-refractivity contribution in [1.82, 2.24) is 4.90 Å². The van der Waals surface area contributed by atoms with Gasteiger partial charge in [0.2, 0.25) is 0 Å². The van der Waals surface area contributed by atoms with Gasteiger partial charge in [-0.2, -0.15) is 22.0 Å². The molecule has 0 radical (unpaired) electrons. The zero-order chi connectivity index (χ0) is 14.1. The maximum Gasteiger partial charge on any atom is 0.455 e. The Bertz CT molecular complexity index is 284. The molecule has 8 heteroatoms. The maximum atomic E-state index is 13.3. The fourth-order valence-corrected chi connectivity index (χ4v) is 2.25. The van der Waals surface area contributed by atoms with E-state index in [9.17, 15) is 22.0 Å². The minimum atomic E-state index is -5.60. The Hall–Kier alpha value is -0.470. The zero-order valence-electron chi connectivity index (χ0n) is 10.2. The highest BCUT2D eigenvalue weighted by atomic mass is 19.4. The van der Waals surface area contributed by atoms with E-state index in [1.807, 2.05) is 0 Å². The van der Waals surface area contributed by atoms with Crippen molar-refractivity contribution in [1.29, 1.82) is 0 Å². The highest BCUT2D eigenvalue weighted by Gasteiger charge is 2.63. The summed E-state index contributed by atoms with van der Waals surface area (Å²) in [6.07, 6.45) is -5.57. The molecule has 1 saturated heterocycles. The largest absolute Gasteiger partial charge is 0.455 e. The monoisotopic (exact) mass is 276 g/mol. The van der Waals surface area contributed by atoms with E-state index in [4.69, 9.17) is 10.5 Å². The molecule has 1 heterocycles. The Labute approximate surface area is 102 Å². The molecule has 1 aliphatic heterocycles. The van der Waals surface area contributed by atoms with Crippen LogP contribution >= 0.6 is 0 Å². The first-order valence-electron chi connectivity index (χ1n) is 5.61. The third-order valence-electron chi connectivity index (χ3n) is 3.37. The minimum Gasteiger partial charge on any atom is -0.377 e. The maximum absolute atomic E-state index is 13.3. The van der Waals surface area contributed by atoms with Gasteiger partial charge in [0.25, 0.3) is 0 Å². The number of hydrogen-bond donors (Lipinski definition) is 1. The summed E-state index contributed by atoms with van der Waals surface area (Å²) in [6.45, 7) is 1.23. The van der Waals surface area contributed by atoms with Gasteiger partial charge in [0.05, 0.1) is 12.1 Å². The van der Waals surface area contributed by atoms with E-state index in [0.717, 1.165) is 4.90 Å². The zero-order valence-corrected chi connectivity index (χ0v) is 10.2. The Kier molecular flexibility index (Phi) is 4.56. The quantitative estimate of drug-likeness (QED) is 0.793. The number of ether oxygens (including phenoxy) is 1. The van der Waals surface area contributed by atoms with Crippen LogP contribution in [0.2, 0.25) is 0 Å². The Morgan fingerprint density at radius 1 is 1.33 bits per heavy atom. The highest BCUT2D eigenvalue weighted by Crippen LogP contribution is 2.40. The van der Waals surface area contributed by atoms with Crippen LogP contribution in [0.5, 0.6) is 0 Å². The highest BCUT2D eigenvalue weighted by molar-refractivity contribution is 4.95. The molecular weight excluding hydrogens is 259 g/mol. The van der Waals surface area contributed by atoms with Gasteiger partial charge in [0.15, 0.2) is 0 Å². The predicted molar refractivity (Wildman–Crippen MR) is 55.4 cm³/mol. The van der Waals surface area contributed by atoms with Crippen LogP contribution in [-0.4, -0.2) is 55.4 Å². The summed E-state index contributed by atoms with van der Waals surface area (Å²) < 4.78 is 68.9. The number of rotatable bonds is 4. The first-order valence-corrected chi connectivity index (χ1v) is 5.61. The Morgan fingerprint density at radius 3 is 2.22 bits per heavy atom. The average Bonchev–Trinajstić information content (AvgIpc) is 2.63. The van der Waals surface area contributed by atoms with Gasteiger partial charge in [0, 0.05) is 19.2 Å². The van der Waals surface area contributed by atoms with Crippen molar-refractivity contribution < 1.29 is 26.7 Å². The lowest BCUT2D eigenvalue weighted by Gasteiger charge is -2.38. The molecule has 0 aromatic carbocycles. The van der Waals surface area contributed by atoms with Gasteiger partial charge in [-0.15, -0.1) is 0 Å². The first kappa shape index (κ1) is 15.6. The van der Waals surface area contributed by atoms with Crippen LogP contribution in [0.4, 0.5) is 22.0 Å². The third kappa shape index (κ3) is 2.75. The third-order valence-corrected chi connectivity index (χ3v) is 3.37. The molecule has 1 fully saturated rings. The molecule has 0 bridgehead atoms. The van der Waals surface area contributed by atoms with Gasteiger partial charge in [-0.3, -0.25) is 4.90 Å². The molecule has 0 aliphatic carbocycles. The number of likely N-dealkylation sites (N-methyl/N-ethyl adjacent to an activating group) is 1. The van der Waals surface area contributed by atoms with Gasteiger partial charge in [-0.05, 0) is 20.4 Å². The Morgan fingerprint density at radius 2 is 1.89 bits per heavy atom. The molecule has 18 heavy (non-hydrogen) atoms. The van der Waals surface area contributed by atoms with E-state index < -0.39 is 30.7 Å². The summed E-state index contributed by atoms with van der Waals surface area (Å²) in [6, 6.07) is -2.56. The van der Waals surface area contributed by atoms with Crippen LogP contribution in [0.15, 0.2) is 0 Å². The van der Waals surface area contributed by atoms with E-state index in [1.54, 1.807) is 6.92 Å². The number of nitrogens with zero attached hydrogens (tertiary/aromatic N) is 1. The molecule has 108 valence electrons. The molecule has 0 aromatic rings. The molecule has 0 saturated carbocycles. The summed E-state index contributed by atoms with van der Waals surface area (Å²) in [5.41, 5.74) is 5.11. The number of halogens is 5. The van der Waals surface area contributed by atoms with Crippen LogP contribution in [0.25, 0.3) is 0 Å². The van der Waals surface area contributed by atoms with Crippen molar-refractivity contribution >= 4 is 0 Å². The minimum absolute atomic E-state index is 0.352. The molecule has 1 rings (SSSR count). The van der Waals surface area contributed by atoms with Crippen LogP contribution in [-0.2, 0) is 4.74 Å². The average molecular weight is 276 g/mol. The molecule has 3 nitrogen and oxygen atoms in total. The topological polar surface area (TPSA) is 38.5 Å². The van der Waals surface area contributed by atoms with Crippen molar-refractivity contribution in [3.05, 3.63) is 0 Å². The van der Waals surface area contributed by atoms with Crippen molar-refractivity contribution in [2.45, 2.75) is 43.6 Å². The summed E-state index contributed by atoms with van der Waals surface area (Å²) in [7, 11) is 1.23. The second-order valence-corrected chi connectivity index (χ2v) is 4.47. The van der Waals surface area contributed by atoms with Crippen molar-refractivity contribution in [2.75, 3.05) is 20.2 Å². The van der Waals surface area contributed by atoms with Crippen LogP contribution in [0.1, 0.15) is 13.3 Å². The van der Waals surface area contributed by atoms with Crippen LogP contribution < -0.4 is 5.73 Å². The van der Waals surface area contributed by atoms with E-state index in [-0.39, 0.29) is 6.10 Å². The second kappa shape index (κ2) is 5.26. The van der Waals surface area contributed by atoms with Gasteiger partial charge in [-0.25, -0.2) is 0 Å². The lowest BCUT2D eigenvalue weighted by molar-refractivity contribution is -0.303. The number of hydrogen-bond acceptors (Lipinski definition) is 3. The summed E-state index contributed by atoms with van der Waals surface area (Å²) >= 11 is 0. The van der Waals surface area contributed by atoms with Crippen LogP contribution in [0, 0.1) is 0 Å². The summed E-state index contributed by atoms with van der Waals surface area (Å²) in [5, 5.41) is 0. The second-order valence-electron chi connectivity index (χ2n) is 4.47. The smallest absolute Gasteiger partial charge is 0.377 e. The molecule has 0 aromatic heterocycles. The van der Waals surface area contributed by atoms with Crippen molar-refractivity contribution in [2.24, 2.45) is 5.73 Å². The van der Waals surface area contributed by atoms with E-state index in [2.05, 4.69) is 0 Å². The number of alkyl halides is 5. The van der Waals surface area contributed by atoms with Gasteiger partial charge in [0.1, 0.15) is 0 Å². The molecular formula is C10H17F5N2O. The molecule has 3 atom stereocenters. The normalized spacial score (nSPS) is 27.8. The van der Waals surface area contributed by atoms with E-state index >= 15 is 0 Å². The number of nitrogens with two attached hydrogens (primary N) is 1. The lowest BCUT2D eigenvalue weighted by Crippen LogP contribution is -2.60.